The summed E-state index contributed by atoms with van der Waals surface area (Å²) in [4.78, 5) is 24.0. The zero-order chi connectivity index (χ0) is 18.3. The molecule has 6 nitrogen and oxygen atoms in total. The minimum atomic E-state index is -1.19. The summed E-state index contributed by atoms with van der Waals surface area (Å²) < 4.78 is 11.2. The van der Waals surface area contributed by atoms with Crippen molar-refractivity contribution >= 4 is 11.9 Å². The molecule has 6 heteroatoms. The van der Waals surface area contributed by atoms with Gasteiger partial charge in [-0.3, -0.25) is 9.59 Å². The third kappa shape index (κ3) is 5.28. The van der Waals surface area contributed by atoms with Crippen LogP contribution in [0, 0.1) is 0 Å². The standard InChI is InChI=1S/C19H27NO5/c1-14(25-12-16-10-6-7-11-24-16)17(21)20-13-19(2,18(22)23)15-8-4-3-5-9-15/h3-5,8-9,14,16H,6-7,10-13H2,1-2H3,(H,20,21)(H,22,23). The number of nitrogens with one attached hydrogen (secondary N) is 1. The van der Waals surface area contributed by atoms with Gasteiger partial charge in [-0.2, -0.15) is 0 Å². The van der Waals surface area contributed by atoms with Gasteiger partial charge in [-0.25, -0.2) is 0 Å². The van der Waals surface area contributed by atoms with Crippen LogP contribution in [0.1, 0.15) is 38.7 Å². The summed E-state index contributed by atoms with van der Waals surface area (Å²) in [7, 11) is 0. The molecule has 0 radical (unpaired) electrons. The molecule has 3 unspecified atom stereocenters. The average Bonchev–Trinajstić information content (AvgIpc) is 2.65. The highest BCUT2D eigenvalue weighted by Crippen LogP contribution is 2.23. The molecule has 1 aliphatic heterocycles. The molecule has 1 aliphatic rings. The predicted octanol–water partition coefficient (Wildman–Crippen LogP) is 2.12. The minimum Gasteiger partial charge on any atom is -0.481 e. The molecule has 1 fully saturated rings. The van der Waals surface area contributed by atoms with E-state index in [9.17, 15) is 14.7 Å². The number of carboxylic acid groups (broad SMARTS) is 1. The maximum atomic E-state index is 12.2. The van der Waals surface area contributed by atoms with E-state index in [1.807, 2.05) is 6.07 Å². The van der Waals surface area contributed by atoms with Crippen LogP contribution in [-0.4, -0.2) is 48.9 Å². The number of carboxylic acids is 1. The monoisotopic (exact) mass is 349 g/mol. The SMILES string of the molecule is CC(OCC1CCCCO1)C(=O)NCC(C)(C(=O)O)c1ccccc1. The summed E-state index contributed by atoms with van der Waals surface area (Å²) in [6.07, 6.45) is 2.51. The number of hydrogen-bond acceptors (Lipinski definition) is 4. The zero-order valence-electron chi connectivity index (χ0n) is 14.9. The van der Waals surface area contributed by atoms with Crippen LogP contribution >= 0.6 is 0 Å². The van der Waals surface area contributed by atoms with Gasteiger partial charge in [0.1, 0.15) is 11.5 Å². The highest BCUT2D eigenvalue weighted by atomic mass is 16.5. The van der Waals surface area contributed by atoms with E-state index < -0.39 is 17.5 Å². The summed E-state index contributed by atoms with van der Waals surface area (Å²) in [5.74, 6) is -1.30. The van der Waals surface area contributed by atoms with E-state index in [0.717, 1.165) is 25.9 Å². The van der Waals surface area contributed by atoms with Gasteiger partial charge in [-0.1, -0.05) is 30.3 Å². The summed E-state index contributed by atoms with van der Waals surface area (Å²) in [6.45, 7) is 4.38. The van der Waals surface area contributed by atoms with Crippen molar-refractivity contribution in [1.29, 1.82) is 0 Å². The van der Waals surface area contributed by atoms with E-state index in [0.29, 0.717) is 12.2 Å². The molecule has 138 valence electrons. The maximum absolute atomic E-state index is 12.2. The Morgan fingerprint density at radius 1 is 1.36 bits per heavy atom. The van der Waals surface area contributed by atoms with Crippen molar-refractivity contribution in [3.63, 3.8) is 0 Å². The fourth-order valence-corrected chi connectivity index (χ4v) is 2.78. The highest BCUT2D eigenvalue weighted by molar-refractivity contribution is 5.84. The smallest absolute Gasteiger partial charge is 0.315 e. The van der Waals surface area contributed by atoms with Gasteiger partial charge in [0.25, 0.3) is 0 Å². The fourth-order valence-electron chi connectivity index (χ4n) is 2.78. The molecule has 25 heavy (non-hydrogen) atoms. The molecule has 1 heterocycles. The van der Waals surface area contributed by atoms with Crippen LogP contribution in [0.15, 0.2) is 30.3 Å². The number of benzene rings is 1. The molecule has 3 atom stereocenters. The third-order valence-corrected chi connectivity index (χ3v) is 4.67. The first-order valence-corrected chi connectivity index (χ1v) is 8.73. The van der Waals surface area contributed by atoms with Crippen molar-refractivity contribution in [1.82, 2.24) is 5.32 Å². The van der Waals surface area contributed by atoms with E-state index in [1.165, 1.54) is 0 Å². The van der Waals surface area contributed by atoms with Gasteiger partial charge < -0.3 is 19.9 Å². The largest absolute Gasteiger partial charge is 0.481 e. The molecule has 0 saturated carbocycles. The molecule has 0 bridgehead atoms. The Bertz CT molecular complexity index is 570. The Kier molecular flexibility index (Phi) is 6.96. The third-order valence-electron chi connectivity index (χ3n) is 4.67. The Labute approximate surface area is 148 Å². The van der Waals surface area contributed by atoms with Crippen molar-refractivity contribution in [3.05, 3.63) is 35.9 Å². The molecule has 2 rings (SSSR count). The Hall–Kier alpha value is -1.92. The van der Waals surface area contributed by atoms with Crippen LogP contribution in [0.5, 0.6) is 0 Å². The molecule has 1 amide bonds. The maximum Gasteiger partial charge on any atom is 0.315 e. The number of carbonyl (C=O) groups is 2. The van der Waals surface area contributed by atoms with Gasteiger partial charge >= 0.3 is 5.97 Å². The lowest BCUT2D eigenvalue weighted by molar-refractivity contribution is -0.143. The minimum absolute atomic E-state index is 0.00118. The van der Waals surface area contributed by atoms with E-state index in [2.05, 4.69) is 5.32 Å². The van der Waals surface area contributed by atoms with Crippen molar-refractivity contribution in [3.8, 4) is 0 Å². The van der Waals surface area contributed by atoms with Gasteiger partial charge in [-0.15, -0.1) is 0 Å². The van der Waals surface area contributed by atoms with E-state index in [1.54, 1.807) is 38.1 Å². The van der Waals surface area contributed by atoms with Gasteiger partial charge in [0, 0.05) is 13.2 Å². The first kappa shape index (κ1) is 19.4. The first-order valence-electron chi connectivity index (χ1n) is 8.73. The lowest BCUT2D eigenvalue weighted by Gasteiger charge is -2.27. The van der Waals surface area contributed by atoms with Crippen molar-refractivity contribution in [2.45, 2.75) is 50.7 Å². The number of carbonyl (C=O) groups excluding carboxylic acids is 1. The summed E-state index contributed by atoms with van der Waals surface area (Å²) in [5.41, 5.74) is -0.546. The summed E-state index contributed by atoms with van der Waals surface area (Å²) in [6, 6.07) is 8.90. The molecule has 1 aromatic rings. The van der Waals surface area contributed by atoms with E-state index >= 15 is 0 Å². The number of aliphatic carboxylic acids is 1. The quantitative estimate of drug-likeness (QED) is 0.751. The number of rotatable bonds is 8. The molecule has 1 saturated heterocycles. The molecule has 0 spiro atoms. The molecule has 2 N–H and O–H groups in total. The van der Waals surface area contributed by atoms with Crippen LogP contribution in [0.4, 0.5) is 0 Å². The molecular weight excluding hydrogens is 322 g/mol. The topological polar surface area (TPSA) is 84.9 Å². The van der Waals surface area contributed by atoms with Crippen molar-refractivity contribution in [2.75, 3.05) is 19.8 Å². The van der Waals surface area contributed by atoms with Gasteiger partial charge in [-0.05, 0) is 38.7 Å². The zero-order valence-corrected chi connectivity index (χ0v) is 14.9. The lowest BCUT2D eigenvalue weighted by Crippen LogP contribution is -2.47. The van der Waals surface area contributed by atoms with Gasteiger partial charge in [0.05, 0.1) is 12.7 Å². The second-order valence-electron chi connectivity index (χ2n) is 6.69. The normalized spacial score (nSPS) is 21.1. The van der Waals surface area contributed by atoms with Crippen LogP contribution in [0.25, 0.3) is 0 Å². The van der Waals surface area contributed by atoms with Crippen molar-refractivity contribution in [2.24, 2.45) is 0 Å². The van der Waals surface area contributed by atoms with Crippen LogP contribution in [0.2, 0.25) is 0 Å². The second kappa shape index (κ2) is 8.97. The van der Waals surface area contributed by atoms with Crippen molar-refractivity contribution < 1.29 is 24.2 Å². The van der Waals surface area contributed by atoms with Crippen LogP contribution < -0.4 is 5.32 Å². The predicted molar refractivity (Wildman–Crippen MR) is 93.4 cm³/mol. The van der Waals surface area contributed by atoms with Gasteiger partial charge in [0.15, 0.2) is 0 Å². The van der Waals surface area contributed by atoms with Crippen LogP contribution in [-0.2, 0) is 24.5 Å². The molecule has 1 aromatic carbocycles. The Balaban J connectivity index is 1.86. The highest BCUT2D eigenvalue weighted by Gasteiger charge is 2.36. The molecule has 0 aromatic heterocycles. The second-order valence-corrected chi connectivity index (χ2v) is 6.69. The van der Waals surface area contributed by atoms with E-state index in [4.69, 9.17) is 9.47 Å². The Morgan fingerprint density at radius 3 is 2.68 bits per heavy atom. The lowest BCUT2D eigenvalue weighted by atomic mass is 9.82. The van der Waals surface area contributed by atoms with E-state index in [-0.39, 0.29) is 18.6 Å². The Morgan fingerprint density at radius 2 is 2.08 bits per heavy atom. The number of ether oxygens (including phenoxy) is 2. The molecule has 0 aliphatic carbocycles. The summed E-state index contributed by atoms with van der Waals surface area (Å²) >= 11 is 0. The van der Waals surface area contributed by atoms with Crippen LogP contribution in [0.3, 0.4) is 0 Å². The first-order chi connectivity index (χ1) is 11.9. The summed E-state index contributed by atoms with van der Waals surface area (Å²) in [5, 5.41) is 12.3. The van der Waals surface area contributed by atoms with Gasteiger partial charge in [0.2, 0.25) is 5.91 Å². The fraction of sp³-hybridized carbons (Fsp3) is 0.579. The number of hydrogen-bond donors (Lipinski definition) is 2. The number of amides is 1. The average molecular weight is 349 g/mol. The molecular formula is C19H27NO5.